The van der Waals surface area contributed by atoms with Gasteiger partial charge in [0, 0.05) is 12.1 Å². The van der Waals surface area contributed by atoms with Gasteiger partial charge in [0.2, 0.25) is 0 Å². The predicted molar refractivity (Wildman–Crippen MR) is 51.0 cm³/mol. The number of hydrogen-bond acceptors (Lipinski definition) is 2. The fourth-order valence-electron chi connectivity index (χ4n) is 1.43. The van der Waals surface area contributed by atoms with Crippen LogP contribution in [0.15, 0.2) is 0 Å². The van der Waals surface area contributed by atoms with Gasteiger partial charge in [0.15, 0.2) is 0 Å². The highest BCUT2D eigenvalue weighted by Crippen LogP contribution is 2.30. The molecule has 1 saturated carbocycles. The summed E-state index contributed by atoms with van der Waals surface area (Å²) in [6.07, 6.45) is 3.11. The summed E-state index contributed by atoms with van der Waals surface area (Å²) in [7, 11) is 0. The van der Waals surface area contributed by atoms with Crippen molar-refractivity contribution in [3.63, 3.8) is 0 Å². The lowest BCUT2D eigenvalue weighted by atomic mass is 9.79. The first-order valence-corrected chi connectivity index (χ1v) is 4.80. The first-order chi connectivity index (χ1) is 6.52. The minimum atomic E-state index is -0.903. The lowest BCUT2D eigenvalue weighted by molar-refractivity contribution is -0.136. The summed E-state index contributed by atoms with van der Waals surface area (Å²) in [6.45, 7) is 2.17. The van der Waals surface area contributed by atoms with E-state index in [4.69, 9.17) is 5.11 Å². The number of amides is 2. The fourth-order valence-corrected chi connectivity index (χ4v) is 1.43. The molecule has 5 heteroatoms. The van der Waals surface area contributed by atoms with Crippen molar-refractivity contribution in [3.8, 4) is 0 Å². The number of hydrogen-bond donors (Lipinski definition) is 3. The summed E-state index contributed by atoms with van der Waals surface area (Å²) < 4.78 is 0. The van der Waals surface area contributed by atoms with Crippen molar-refractivity contribution in [3.05, 3.63) is 0 Å². The Hall–Kier alpha value is -1.26. The van der Waals surface area contributed by atoms with Gasteiger partial charge in [0.25, 0.3) is 0 Å². The van der Waals surface area contributed by atoms with Gasteiger partial charge in [-0.05, 0) is 26.2 Å². The molecule has 1 fully saturated rings. The van der Waals surface area contributed by atoms with E-state index >= 15 is 0 Å². The van der Waals surface area contributed by atoms with Crippen LogP contribution in [-0.2, 0) is 4.79 Å². The third-order valence-corrected chi connectivity index (χ3v) is 2.50. The number of carbonyl (C=O) groups excluding carboxylic acids is 1. The van der Waals surface area contributed by atoms with Crippen molar-refractivity contribution in [1.82, 2.24) is 10.6 Å². The van der Waals surface area contributed by atoms with Crippen molar-refractivity contribution in [2.24, 2.45) is 0 Å². The van der Waals surface area contributed by atoms with Crippen molar-refractivity contribution < 1.29 is 14.7 Å². The monoisotopic (exact) mass is 200 g/mol. The summed E-state index contributed by atoms with van der Waals surface area (Å²) in [5, 5.41) is 13.7. The summed E-state index contributed by atoms with van der Waals surface area (Å²) in [5.74, 6) is -0.903. The zero-order valence-electron chi connectivity index (χ0n) is 8.30. The van der Waals surface area contributed by atoms with E-state index < -0.39 is 5.97 Å². The highest BCUT2D eigenvalue weighted by atomic mass is 16.4. The summed E-state index contributed by atoms with van der Waals surface area (Å²) in [4.78, 5) is 21.4. The highest BCUT2D eigenvalue weighted by molar-refractivity contribution is 5.75. The Bertz CT molecular complexity index is 236. The molecule has 0 aromatic carbocycles. The molecule has 3 N–H and O–H groups in total. The molecular formula is C9H16N2O3. The van der Waals surface area contributed by atoms with Crippen LogP contribution >= 0.6 is 0 Å². The molecule has 0 aliphatic heterocycles. The van der Waals surface area contributed by atoms with Gasteiger partial charge in [-0.2, -0.15) is 0 Å². The average molecular weight is 200 g/mol. The van der Waals surface area contributed by atoms with E-state index in [1.165, 1.54) is 0 Å². The molecule has 1 aliphatic carbocycles. The number of carboxylic acids is 1. The first-order valence-electron chi connectivity index (χ1n) is 4.80. The number of carboxylic acid groups (broad SMARTS) is 1. The van der Waals surface area contributed by atoms with Crippen LogP contribution in [0.3, 0.4) is 0 Å². The zero-order chi connectivity index (χ0) is 10.6. The molecule has 0 radical (unpaired) electrons. The molecule has 5 nitrogen and oxygen atoms in total. The Labute approximate surface area is 82.9 Å². The normalized spacial score (nSPS) is 18.1. The maximum absolute atomic E-state index is 11.2. The molecule has 0 saturated heterocycles. The van der Waals surface area contributed by atoms with E-state index in [-0.39, 0.29) is 24.5 Å². The Kier molecular flexibility index (Phi) is 3.33. The van der Waals surface area contributed by atoms with Crippen LogP contribution in [0, 0.1) is 0 Å². The molecule has 0 spiro atoms. The molecule has 80 valence electrons. The lowest BCUT2D eigenvalue weighted by Gasteiger charge is -2.38. The summed E-state index contributed by atoms with van der Waals surface area (Å²) in [6, 6.07) is -0.270. The third kappa shape index (κ3) is 3.24. The molecule has 0 aromatic heterocycles. The van der Waals surface area contributed by atoms with Crippen molar-refractivity contribution in [2.45, 2.75) is 38.1 Å². The Morgan fingerprint density at radius 1 is 1.43 bits per heavy atom. The number of rotatable bonds is 4. The molecule has 0 bridgehead atoms. The van der Waals surface area contributed by atoms with Crippen LogP contribution in [0.25, 0.3) is 0 Å². The van der Waals surface area contributed by atoms with Gasteiger partial charge in [-0.1, -0.05) is 0 Å². The van der Waals surface area contributed by atoms with Crippen LogP contribution < -0.4 is 10.6 Å². The van der Waals surface area contributed by atoms with Crippen LogP contribution in [0.4, 0.5) is 4.79 Å². The molecule has 1 rings (SSSR count). The lowest BCUT2D eigenvalue weighted by Crippen LogP contribution is -2.54. The highest BCUT2D eigenvalue weighted by Gasteiger charge is 2.32. The second-order valence-electron chi connectivity index (χ2n) is 3.94. The number of nitrogens with one attached hydrogen (secondary N) is 2. The molecule has 1 aliphatic rings. The van der Waals surface area contributed by atoms with E-state index in [1.54, 1.807) is 0 Å². The molecule has 0 atom stereocenters. The average Bonchev–Trinajstić information content (AvgIpc) is 2.00. The maximum Gasteiger partial charge on any atom is 0.315 e. The molecule has 14 heavy (non-hydrogen) atoms. The number of aliphatic carboxylic acids is 1. The smallest absolute Gasteiger partial charge is 0.315 e. The minimum Gasteiger partial charge on any atom is -0.481 e. The van der Waals surface area contributed by atoms with Crippen molar-refractivity contribution in [1.29, 1.82) is 0 Å². The molecule has 2 amide bonds. The van der Waals surface area contributed by atoms with Gasteiger partial charge in [-0.3, -0.25) is 4.79 Å². The van der Waals surface area contributed by atoms with E-state index in [0.717, 1.165) is 19.3 Å². The van der Waals surface area contributed by atoms with Crippen LogP contribution in [0.2, 0.25) is 0 Å². The fraction of sp³-hybridized carbons (Fsp3) is 0.778. The summed E-state index contributed by atoms with van der Waals surface area (Å²) >= 11 is 0. The van der Waals surface area contributed by atoms with E-state index in [2.05, 4.69) is 10.6 Å². The molecule has 0 aromatic rings. The Balaban J connectivity index is 2.13. The molecule has 0 unspecified atom stereocenters. The van der Waals surface area contributed by atoms with E-state index in [1.807, 2.05) is 6.92 Å². The zero-order valence-corrected chi connectivity index (χ0v) is 8.30. The van der Waals surface area contributed by atoms with Gasteiger partial charge >= 0.3 is 12.0 Å². The summed E-state index contributed by atoms with van der Waals surface area (Å²) in [5.41, 5.74) is -0.0761. The quantitative estimate of drug-likeness (QED) is 0.625. The van der Waals surface area contributed by atoms with Gasteiger partial charge in [-0.15, -0.1) is 0 Å². The van der Waals surface area contributed by atoms with Crippen LogP contribution in [-0.4, -0.2) is 29.2 Å². The van der Waals surface area contributed by atoms with Gasteiger partial charge in [-0.25, -0.2) is 4.79 Å². The first kappa shape index (κ1) is 10.8. The minimum absolute atomic E-state index is 0.0376. The SMILES string of the molecule is CC1(NC(=O)NCCC(=O)O)CCC1. The van der Waals surface area contributed by atoms with Crippen LogP contribution in [0.1, 0.15) is 32.6 Å². The van der Waals surface area contributed by atoms with E-state index in [9.17, 15) is 9.59 Å². The van der Waals surface area contributed by atoms with Crippen molar-refractivity contribution >= 4 is 12.0 Å². The van der Waals surface area contributed by atoms with Crippen molar-refractivity contribution in [2.75, 3.05) is 6.54 Å². The standard InChI is InChI=1S/C9H16N2O3/c1-9(4-2-5-9)11-8(14)10-6-3-7(12)13/h2-6H2,1H3,(H,12,13)(H2,10,11,14). The predicted octanol–water partition coefficient (Wildman–Crippen LogP) is 0.703. The second kappa shape index (κ2) is 4.30. The van der Waals surface area contributed by atoms with Gasteiger partial charge in [0.05, 0.1) is 6.42 Å². The van der Waals surface area contributed by atoms with Gasteiger partial charge in [0.1, 0.15) is 0 Å². The second-order valence-corrected chi connectivity index (χ2v) is 3.94. The molecular weight excluding hydrogens is 184 g/mol. The van der Waals surface area contributed by atoms with E-state index in [0.29, 0.717) is 0 Å². The van der Waals surface area contributed by atoms with Crippen LogP contribution in [0.5, 0.6) is 0 Å². The number of urea groups is 1. The third-order valence-electron chi connectivity index (χ3n) is 2.50. The Morgan fingerprint density at radius 2 is 2.07 bits per heavy atom. The maximum atomic E-state index is 11.2. The number of carbonyl (C=O) groups is 2. The Morgan fingerprint density at radius 3 is 2.50 bits per heavy atom. The largest absolute Gasteiger partial charge is 0.481 e. The topological polar surface area (TPSA) is 78.4 Å². The van der Waals surface area contributed by atoms with Gasteiger partial charge < -0.3 is 15.7 Å². The molecule has 0 heterocycles.